The molecule has 0 saturated carbocycles. The fourth-order valence-electron chi connectivity index (χ4n) is 3.70. The Hall–Kier alpha value is -3.72. The predicted octanol–water partition coefficient (Wildman–Crippen LogP) is 4.60. The molecule has 4 aromatic heterocycles. The maximum Gasteiger partial charge on any atom is 0.203 e. The largest absolute Gasteiger partial charge is 0.456 e. The van der Waals surface area contributed by atoms with Gasteiger partial charge in [0.25, 0.3) is 0 Å². The van der Waals surface area contributed by atoms with Crippen LogP contribution >= 0.6 is 12.2 Å². The van der Waals surface area contributed by atoms with Crippen LogP contribution in [-0.4, -0.2) is 34.3 Å². The van der Waals surface area contributed by atoms with Crippen molar-refractivity contribution in [1.82, 2.24) is 34.3 Å². The molecule has 0 unspecified atom stereocenters. The highest BCUT2D eigenvalue weighted by Gasteiger charge is 2.16. The van der Waals surface area contributed by atoms with Gasteiger partial charge in [-0.1, -0.05) is 29.8 Å². The summed E-state index contributed by atoms with van der Waals surface area (Å²) in [6, 6.07) is 14.3. The number of nitrogens with zero attached hydrogens (tertiary/aromatic N) is 6. The molecule has 5 aromatic rings. The van der Waals surface area contributed by atoms with Crippen molar-refractivity contribution in [2.45, 2.75) is 33.9 Å². The molecule has 0 aliphatic heterocycles. The van der Waals surface area contributed by atoms with E-state index in [1.165, 1.54) is 11.1 Å². The zero-order valence-corrected chi connectivity index (χ0v) is 18.9. The fraction of sp³-hybridized carbons (Fsp3) is 0.217. The molecule has 9 heteroatoms. The number of hydrogen-bond donors (Lipinski definition) is 1. The van der Waals surface area contributed by atoms with Gasteiger partial charge in [0, 0.05) is 11.9 Å². The van der Waals surface area contributed by atoms with Gasteiger partial charge in [-0.05, 0) is 56.8 Å². The first-order valence-electron chi connectivity index (χ1n) is 10.3. The SMILES string of the molecule is Cc1ccc(Cn2cc(-n3c(-c4ccc(Cn5nc(C)cc5C)o4)n[nH]c3=S)cn2)cc1. The Morgan fingerprint density at radius 3 is 2.59 bits per heavy atom. The summed E-state index contributed by atoms with van der Waals surface area (Å²) in [4.78, 5) is 0. The van der Waals surface area contributed by atoms with E-state index in [1.807, 2.05) is 52.2 Å². The first-order valence-corrected chi connectivity index (χ1v) is 10.7. The maximum absolute atomic E-state index is 6.09. The Labute approximate surface area is 190 Å². The van der Waals surface area contributed by atoms with Gasteiger partial charge < -0.3 is 4.42 Å². The van der Waals surface area contributed by atoms with Crippen molar-refractivity contribution in [2.24, 2.45) is 0 Å². The van der Waals surface area contributed by atoms with Crippen LogP contribution in [0.1, 0.15) is 28.3 Å². The molecule has 0 radical (unpaired) electrons. The molecule has 0 atom stereocenters. The average Bonchev–Trinajstić information content (AvgIpc) is 3.53. The van der Waals surface area contributed by atoms with Gasteiger partial charge >= 0.3 is 0 Å². The standard InChI is InChI=1S/C23H23N7OS/c1-15-4-6-18(7-5-15)12-28-13-19(11-24-28)30-22(25-26-23(30)32)21-9-8-20(31-21)14-29-17(3)10-16(2)27-29/h4-11,13H,12,14H2,1-3H3,(H,26,32). The van der Waals surface area contributed by atoms with E-state index < -0.39 is 0 Å². The summed E-state index contributed by atoms with van der Waals surface area (Å²) in [7, 11) is 0. The molecular formula is C23H23N7OS. The molecule has 0 aliphatic carbocycles. The monoisotopic (exact) mass is 445 g/mol. The Balaban J connectivity index is 1.41. The second-order valence-corrected chi connectivity index (χ2v) is 8.31. The van der Waals surface area contributed by atoms with Crippen LogP contribution < -0.4 is 0 Å². The van der Waals surface area contributed by atoms with Crippen LogP contribution in [-0.2, 0) is 13.1 Å². The number of H-pyrrole nitrogens is 1. The van der Waals surface area contributed by atoms with E-state index >= 15 is 0 Å². The molecular weight excluding hydrogens is 422 g/mol. The molecule has 8 nitrogen and oxygen atoms in total. The van der Waals surface area contributed by atoms with Crippen LogP contribution in [0.5, 0.6) is 0 Å². The van der Waals surface area contributed by atoms with Gasteiger partial charge in [0.05, 0.1) is 30.7 Å². The minimum absolute atomic E-state index is 0.478. The summed E-state index contributed by atoms with van der Waals surface area (Å²) in [6.07, 6.45) is 3.73. The molecule has 1 aromatic carbocycles. The lowest BCUT2D eigenvalue weighted by Crippen LogP contribution is -2.02. The number of nitrogens with one attached hydrogen (secondary N) is 1. The molecule has 162 valence electrons. The first-order chi connectivity index (χ1) is 15.5. The lowest BCUT2D eigenvalue weighted by molar-refractivity contribution is 0.482. The van der Waals surface area contributed by atoms with Crippen LogP contribution in [0.15, 0.2) is 59.3 Å². The highest BCUT2D eigenvalue weighted by molar-refractivity contribution is 7.71. The van der Waals surface area contributed by atoms with Gasteiger partial charge in [0.15, 0.2) is 10.5 Å². The van der Waals surface area contributed by atoms with Crippen LogP contribution in [0.25, 0.3) is 17.3 Å². The number of aryl methyl sites for hydroxylation is 3. The molecule has 5 rings (SSSR count). The first kappa shape index (κ1) is 20.2. The van der Waals surface area contributed by atoms with Gasteiger partial charge in [-0.15, -0.1) is 0 Å². The van der Waals surface area contributed by atoms with Crippen molar-refractivity contribution in [3.63, 3.8) is 0 Å². The van der Waals surface area contributed by atoms with Crippen LogP contribution in [0, 0.1) is 25.5 Å². The molecule has 1 N–H and O–H groups in total. The summed E-state index contributed by atoms with van der Waals surface area (Å²) in [5.74, 6) is 2.02. The Bertz CT molecular complexity index is 1430. The number of hydrogen-bond acceptors (Lipinski definition) is 5. The third-order valence-electron chi connectivity index (χ3n) is 5.31. The summed E-state index contributed by atoms with van der Waals surface area (Å²) in [5, 5.41) is 16.3. The predicted molar refractivity (Wildman–Crippen MR) is 123 cm³/mol. The van der Waals surface area contributed by atoms with E-state index in [-0.39, 0.29) is 0 Å². The highest BCUT2D eigenvalue weighted by atomic mass is 32.1. The van der Waals surface area contributed by atoms with E-state index in [0.29, 0.717) is 29.4 Å². The van der Waals surface area contributed by atoms with Gasteiger partial charge in [0.2, 0.25) is 5.82 Å². The highest BCUT2D eigenvalue weighted by Crippen LogP contribution is 2.24. The zero-order chi connectivity index (χ0) is 22.2. The topological polar surface area (TPSA) is 82.4 Å². The van der Waals surface area contributed by atoms with Crippen molar-refractivity contribution in [1.29, 1.82) is 0 Å². The smallest absolute Gasteiger partial charge is 0.203 e. The Kier molecular flexibility index (Phi) is 5.10. The number of aromatic nitrogens is 7. The van der Waals surface area contributed by atoms with Crippen LogP contribution in [0.3, 0.4) is 0 Å². The second-order valence-electron chi connectivity index (χ2n) is 7.92. The molecule has 0 fully saturated rings. The third kappa shape index (κ3) is 3.94. The summed E-state index contributed by atoms with van der Waals surface area (Å²) in [6.45, 7) is 7.32. The van der Waals surface area contributed by atoms with Gasteiger partial charge in [-0.3, -0.25) is 19.0 Å². The second kappa shape index (κ2) is 8.08. The van der Waals surface area contributed by atoms with Gasteiger partial charge in [-0.2, -0.15) is 15.3 Å². The summed E-state index contributed by atoms with van der Waals surface area (Å²) in [5.41, 5.74) is 5.31. The van der Waals surface area contributed by atoms with Crippen LogP contribution in [0.2, 0.25) is 0 Å². The minimum atomic E-state index is 0.478. The lowest BCUT2D eigenvalue weighted by Gasteiger charge is -2.04. The van der Waals surface area contributed by atoms with Crippen molar-refractivity contribution >= 4 is 12.2 Å². The quantitative estimate of drug-likeness (QED) is 0.386. The van der Waals surface area contributed by atoms with E-state index in [0.717, 1.165) is 22.8 Å². The summed E-state index contributed by atoms with van der Waals surface area (Å²) < 4.78 is 12.2. The number of rotatable bonds is 6. The van der Waals surface area contributed by atoms with E-state index in [9.17, 15) is 0 Å². The zero-order valence-electron chi connectivity index (χ0n) is 18.1. The van der Waals surface area contributed by atoms with Crippen molar-refractivity contribution < 1.29 is 4.42 Å². The van der Waals surface area contributed by atoms with Crippen LogP contribution in [0.4, 0.5) is 0 Å². The molecule has 0 saturated heterocycles. The van der Waals surface area contributed by atoms with Crippen molar-refractivity contribution in [2.75, 3.05) is 0 Å². The molecule has 0 aliphatic rings. The average molecular weight is 446 g/mol. The number of aromatic amines is 1. The van der Waals surface area contributed by atoms with E-state index in [4.69, 9.17) is 16.6 Å². The Morgan fingerprint density at radius 1 is 1.03 bits per heavy atom. The van der Waals surface area contributed by atoms with E-state index in [1.54, 1.807) is 6.20 Å². The normalized spacial score (nSPS) is 11.3. The van der Waals surface area contributed by atoms with Gasteiger partial charge in [-0.25, -0.2) is 0 Å². The number of benzene rings is 1. The Morgan fingerprint density at radius 2 is 1.84 bits per heavy atom. The molecule has 0 amide bonds. The van der Waals surface area contributed by atoms with Gasteiger partial charge in [0.1, 0.15) is 5.76 Å². The van der Waals surface area contributed by atoms with E-state index in [2.05, 4.69) is 51.6 Å². The molecule has 4 heterocycles. The summed E-state index contributed by atoms with van der Waals surface area (Å²) >= 11 is 5.49. The lowest BCUT2D eigenvalue weighted by atomic mass is 10.1. The third-order valence-corrected chi connectivity index (χ3v) is 5.58. The maximum atomic E-state index is 6.09. The molecule has 0 spiro atoms. The molecule has 32 heavy (non-hydrogen) atoms. The number of furan rings is 1. The minimum Gasteiger partial charge on any atom is -0.456 e. The fourth-order valence-corrected chi connectivity index (χ4v) is 3.94. The van der Waals surface area contributed by atoms with Crippen molar-refractivity contribution in [3.05, 3.63) is 87.9 Å². The van der Waals surface area contributed by atoms with Crippen molar-refractivity contribution in [3.8, 4) is 17.3 Å². The molecule has 0 bridgehead atoms.